The molecule has 1 N–H and O–H groups in total. The minimum Gasteiger partial charge on any atom is -0.489 e. The fourth-order valence-electron chi connectivity index (χ4n) is 1.74. The van der Waals surface area contributed by atoms with Gasteiger partial charge in [0.15, 0.2) is 6.61 Å². The van der Waals surface area contributed by atoms with Crippen molar-refractivity contribution >= 4 is 23.2 Å². The van der Waals surface area contributed by atoms with Crippen LogP contribution in [0.1, 0.15) is 6.92 Å². The molecule has 23 heavy (non-hydrogen) atoms. The summed E-state index contributed by atoms with van der Waals surface area (Å²) in [7, 11) is 0. The van der Waals surface area contributed by atoms with Gasteiger partial charge in [0.25, 0.3) is 5.91 Å². The SMILES string of the molecule is C=C(C)COc1ccc(NC(=O)COc2ccccc2Cl)cc1. The lowest BCUT2D eigenvalue weighted by Crippen LogP contribution is -2.20. The van der Waals surface area contributed by atoms with Gasteiger partial charge in [0, 0.05) is 5.69 Å². The first kappa shape index (κ1) is 16.9. The number of hydrogen-bond donors (Lipinski definition) is 1. The van der Waals surface area contributed by atoms with Gasteiger partial charge >= 0.3 is 0 Å². The first-order valence-electron chi connectivity index (χ1n) is 7.09. The molecule has 0 bridgehead atoms. The van der Waals surface area contributed by atoms with Gasteiger partial charge in [-0.25, -0.2) is 0 Å². The fraction of sp³-hybridized carbons (Fsp3) is 0.167. The quantitative estimate of drug-likeness (QED) is 0.769. The van der Waals surface area contributed by atoms with Crippen LogP contribution in [0.15, 0.2) is 60.7 Å². The normalized spacial score (nSPS) is 10.0. The van der Waals surface area contributed by atoms with E-state index in [9.17, 15) is 4.79 Å². The topological polar surface area (TPSA) is 47.6 Å². The highest BCUT2D eigenvalue weighted by molar-refractivity contribution is 6.32. The third kappa shape index (κ3) is 5.68. The molecule has 1 amide bonds. The Hall–Kier alpha value is -2.46. The number of rotatable bonds is 7. The summed E-state index contributed by atoms with van der Waals surface area (Å²) in [6.45, 7) is 6.03. The number of carbonyl (C=O) groups is 1. The first-order valence-corrected chi connectivity index (χ1v) is 7.47. The predicted octanol–water partition coefficient (Wildman–Crippen LogP) is 4.31. The molecule has 0 saturated heterocycles. The van der Waals surface area contributed by atoms with Crippen LogP contribution in [0.2, 0.25) is 5.02 Å². The molecule has 2 aromatic rings. The molecule has 0 aliphatic carbocycles. The van der Waals surface area contributed by atoms with Crippen molar-refractivity contribution in [3.8, 4) is 11.5 Å². The molecular formula is C18H18ClNO3. The van der Waals surface area contributed by atoms with E-state index in [2.05, 4.69) is 11.9 Å². The van der Waals surface area contributed by atoms with Crippen molar-refractivity contribution in [3.05, 3.63) is 65.7 Å². The minimum atomic E-state index is -0.263. The van der Waals surface area contributed by atoms with E-state index in [1.807, 2.05) is 6.92 Å². The fourth-order valence-corrected chi connectivity index (χ4v) is 1.93. The van der Waals surface area contributed by atoms with E-state index >= 15 is 0 Å². The lowest BCUT2D eigenvalue weighted by atomic mass is 10.3. The van der Waals surface area contributed by atoms with E-state index in [1.165, 1.54) is 0 Å². The second-order valence-corrected chi connectivity index (χ2v) is 5.44. The molecule has 0 aromatic heterocycles. The lowest BCUT2D eigenvalue weighted by molar-refractivity contribution is -0.118. The van der Waals surface area contributed by atoms with Gasteiger partial charge < -0.3 is 14.8 Å². The summed E-state index contributed by atoms with van der Waals surface area (Å²) in [6, 6.07) is 14.1. The maximum absolute atomic E-state index is 11.9. The van der Waals surface area contributed by atoms with Gasteiger partial charge in [-0.3, -0.25) is 4.79 Å². The summed E-state index contributed by atoms with van der Waals surface area (Å²) in [5.41, 5.74) is 1.61. The van der Waals surface area contributed by atoms with E-state index in [0.717, 1.165) is 11.3 Å². The zero-order valence-electron chi connectivity index (χ0n) is 12.8. The Labute approximate surface area is 140 Å². The second-order valence-electron chi connectivity index (χ2n) is 5.04. The van der Waals surface area contributed by atoms with Crippen molar-refractivity contribution in [1.29, 1.82) is 0 Å². The Morgan fingerprint density at radius 3 is 2.43 bits per heavy atom. The van der Waals surface area contributed by atoms with Crippen LogP contribution in [-0.4, -0.2) is 19.1 Å². The molecule has 2 rings (SSSR count). The molecule has 0 spiro atoms. The number of halogens is 1. The van der Waals surface area contributed by atoms with Crippen molar-refractivity contribution < 1.29 is 14.3 Å². The molecule has 5 heteroatoms. The van der Waals surface area contributed by atoms with E-state index in [0.29, 0.717) is 23.1 Å². The van der Waals surface area contributed by atoms with Crippen LogP contribution >= 0.6 is 11.6 Å². The van der Waals surface area contributed by atoms with Gasteiger partial charge in [-0.1, -0.05) is 30.3 Å². The van der Waals surface area contributed by atoms with E-state index in [4.69, 9.17) is 21.1 Å². The molecule has 0 aliphatic rings. The van der Waals surface area contributed by atoms with Crippen molar-refractivity contribution in [3.63, 3.8) is 0 Å². The van der Waals surface area contributed by atoms with Crippen molar-refractivity contribution in [2.24, 2.45) is 0 Å². The molecule has 0 unspecified atom stereocenters. The second kappa shape index (κ2) is 8.25. The lowest BCUT2D eigenvalue weighted by Gasteiger charge is -2.10. The zero-order chi connectivity index (χ0) is 16.7. The van der Waals surface area contributed by atoms with E-state index in [1.54, 1.807) is 48.5 Å². The van der Waals surface area contributed by atoms with Gasteiger partial charge in [0.2, 0.25) is 0 Å². The summed E-state index contributed by atoms with van der Waals surface area (Å²) in [5.74, 6) is 0.937. The van der Waals surface area contributed by atoms with Crippen molar-refractivity contribution in [1.82, 2.24) is 0 Å². The number of ether oxygens (including phenoxy) is 2. The third-order valence-corrected chi connectivity index (χ3v) is 3.13. The average Bonchev–Trinajstić information content (AvgIpc) is 2.53. The Bertz CT molecular complexity index is 683. The van der Waals surface area contributed by atoms with E-state index < -0.39 is 0 Å². The molecular weight excluding hydrogens is 314 g/mol. The summed E-state index contributed by atoms with van der Waals surface area (Å²) in [4.78, 5) is 11.9. The molecule has 2 aromatic carbocycles. The van der Waals surface area contributed by atoms with Gasteiger partial charge in [-0.05, 0) is 48.9 Å². The Balaban J connectivity index is 1.83. The van der Waals surface area contributed by atoms with Crippen LogP contribution in [0.4, 0.5) is 5.69 Å². The number of anilines is 1. The Morgan fingerprint density at radius 2 is 1.78 bits per heavy atom. The van der Waals surface area contributed by atoms with Crippen LogP contribution in [0, 0.1) is 0 Å². The molecule has 120 valence electrons. The van der Waals surface area contributed by atoms with Gasteiger partial charge in [0.1, 0.15) is 18.1 Å². The highest BCUT2D eigenvalue weighted by Crippen LogP contribution is 2.23. The standard InChI is InChI=1S/C18H18ClNO3/c1-13(2)11-22-15-9-7-14(8-10-15)20-18(21)12-23-17-6-4-3-5-16(17)19/h3-10H,1,11-12H2,2H3,(H,20,21). The highest BCUT2D eigenvalue weighted by Gasteiger charge is 2.06. The van der Waals surface area contributed by atoms with E-state index in [-0.39, 0.29) is 12.5 Å². The average molecular weight is 332 g/mol. The van der Waals surface area contributed by atoms with Gasteiger partial charge in [0.05, 0.1) is 5.02 Å². The number of carbonyl (C=O) groups excluding carboxylic acids is 1. The number of amides is 1. The van der Waals surface area contributed by atoms with Crippen molar-refractivity contribution in [2.45, 2.75) is 6.92 Å². The predicted molar refractivity (Wildman–Crippen MR) is 92.3 cm³/mol. The summed E-state index contributed by atoms with van der Waals surface area (Å²) < 4.78 is 10.9. The Morgan fingerprint density at radius 1 is 1.09 bits per heavy atom. The smallest absolute Gasteiger partial charge is 0.262 e. The van der Waals surface area contributed by atoms with Crippen LogP contribution in [0.5, 0.6) is 11.5 Å². The molecule has 4 nitrogen and oxygen atoms in total. The number of hydrogen-bond acceptors (Lipinski definition) is 3. The largest absolute Gasteiger partial charge is 0.489 e. The van der Waals surface area contributed by atoms with Crippen LogP contribution in [0.25, 0.3) is 0 Å². The van der Waals surface area contributed by atoms with Crippen molar-refractivity contribution in [2.75, 3.05) is 18.5 Å². The Kier molecular flexibility index (Phi) is 6.06. The summed E-state index contributed by atoms with van der Waals surface area (Å²) >= 11 is 5.96. The number of benzene rings is 2. The summed E-state index contributed by atoms with van der Waals surface area (Å²) in [5, 5.41) is 3.22. The maximum Gasteiger partial charge on any atom is 0.262 e. The maximum atomic E-state index is 11.9. The minimum absolute atomic E-state index is 0.113. The zero-order valence-corrected chi connectivity index (χ0v) is 13.6. The molecule has 0 fully saturated rings. The monoisotopic (exact) mass is 331 g/mol. The first-order chi connectivity index (χ1) is 11.0. The van der Waals surface area contributed by atoms with Gasteiger partial charge in [-0.15, -0.1) is 0 Å². The van der Waals surface area contributed by atoms with Gasteiger partial charge in [-0.2, -0.15) is 0 Å². The van der Waals surface area contributed by atoms with Crippen LogP contribution < -0.4 is 14.8 Å². The third-order valence-electron chi connectivity index (χ3n) is 2.82. The highest BCUT2D eigenvalue weighted by atomic mass is 35.5. The number of para-hydroxylation sites is 1. The summed E-state index contributed by atoms with van der Waals surface area (Å²) in [6.07, 6.45) is 0. The molecule has 0 saturated carbocycles. The molecule has 0 heterocycles. The molecule has 0 aliphatic heterocycles. The van der Waals surface area contributed by atoms with Crippen LogP contribution in [0.3, 0.4) is 0 Å². The van der Waals surface area contributed by atoms with Crippen LogP contribution in [-0.2, 0) is 4.79 Å². The molecule has 0 radical (unpaired) electrons. The number of nitrogens with one attached hydrogen (secondary N) is 1. The molecule has 0 atom stereocenters.